The van der Waals surface area contributed by atoms with Crippen LogP contribution in [0.2, 0.25) is 0 Å². The molecule has 56 heavy (non-hydrogen) atoms. The highest BCUT2D eigenvalue weighted by Crippen LogP contribution is 2.48. The van der Waals surface area contributed by atoms with Crippen LogP contribution >= 0.6 is 0 Å². The maximum absolute atomic E-state index is 2.43. The smallest absolute Gasteiger partial charge is 0.00201 e. The van der Waals surface area contributed by atoms with Crippen LogP contribution in [0.25, 0.3) is 109 Å². The van der Waals surface area contributed by atoms with Gasteiger partial charge in [-0.3, -0.25) is 0 Å². The summed E-state index contributed by atoms with van der Waals surface area (Å²) in [6, 6.07) is 80.6. The van der Waals surface area contributed by atoms with Crippen LogP contribution in [0.3, 0.4) is 0 Å². The zero-order valence-corrected chi connectivity index (χ0v) is 30.8. The van der Waals surface area contributed by atoms with Crippen molar-refractivity contribution < 1.29 is 0 Å². The minimum absolute atomic E-state index is 1.20. The van der Waals surface area contributed by atoms with Crippen LogP contribution in [0.1, 0.15) is 0 Å². The van der Waals surface area contributed by atoms with Crippen molar-refractivity contribution in [2.75, 3.05) is 0 Å². The lowest BCUT2D eigenvalue weighted by molar-refractivity contribution is 1.61. The highest BCUT2D eigenvalue weighted by molar-refractivity contribution is 6.24. The van der Waals surface area contributed by atoms with Gasteiger partial charge in [-0.15, -0.1) is 0 Å². The molecule has 0 N–H and O–H groups in total. The summed E-state index contributed by atoms with van der Waals surface area (Å²) in [5.74, 6) is 0. The van der Waals surface area contributed by atoms with Crippen LogP contribution in [0.4, 0.5) is 0 Å². The molecule has 0 aliphatic carbocycles. The van der Waals surface area contributed by atoms with Crippen LogP contribution in [0.15, 0.2) is 218 Å². The Kier molecular flexibility index (Phi) is 7.60. The van der Waals surface area contributed by atoms with E-state index in [0.717, 1.165) is 0 Å². The molecule has 0 saturated carbocycles. The fraction of sp³-hybridized carbons (Fsp3) is 0. The molecule has 0 spiro atoms. The van der Waals surface area contributed by atoms with Gasteiger partial charge in [0.2, 0.25) is 0 Å². The van der Waals surface area contributed by atoms with Gasteiger partial charge in [-0.05, 0) is 134 Å². The lowest BCUT2D eigenvalue weighted by Crippen LogP contribution is -1.94. The van der Waals surface area contributed by atoms with Gasteiger partial charge in [0, 0.05) is 0 Å². The van der Waals surface area contributed by atoms with Crippen molar-refractivity contribution in [2.24, 2.45) is 0 Å². The van der Waals surface area contributed by atoms with E-state index in [9.17, 15) is 0 Å². The number of rotatable bonds is 5. The third-order valence-corrected chi connectivity index (χ3v) is 11.6. The van der Waals surface area contributed by atoms with Crippen molar-refractivity contribution in [3.63, 3.8) is 0 Å². The van der Waals surface area contributed by atoms with Crippen molar-refractivity contribution in [1.29, 1.82) is 0 Å². The summed E-state index contributed by atoms with van der Waals surface area (Å²) in [7, 11) is 0. The lowest BCUT2D eigenvalue weighted by Gasteiger charge is -2.21. The molecule has 0 amide bonds. The first-order chi connectivity index (χ1) is 27.8. The van der Waals surface area contributed by atoms with Gasteiger partial charge in [0.05, 0.1) is 0 Å². The number of benzene rings is 11. The molecule has 0 unspecified atom stereocenters. The average molecular weight is 709 g/mol. The Bertz CT molecular complexity index is 3180. The molecule has 260 valence electrons. The lowest BCUT2D eigenvalue weighted by atomic mass is 9.82. The zero-order chi connectivity index (χ0) is 37.0. The minimum atomic E-state index is 1.20. The molecule has 0 bridgehead atoms. The fourth-order valence-corrected chi connectivity index (χ4v) is 9.07. The Hall–Kier alpha value is -7.28. The van der Waals surface area contributed by atoms with Crippen molar-refractivity contribution in [1.82, 2.24) is 0 Å². The van der Waals surface area contributed by atoms with Crippen LogP contribution in [-0.4, -0.2) is 0 Å². The average Bonchev–Trinajstić information content (AvgIpc) is 3.27. The predicted molar refractivity (Wildman–Crippen MR) is 241 cm³/mol. The van der Waals surface area contributed by atoms with Gasteiger partial charge in [-0.25, -0.2) is 0 Å². The summed E-state index contributed by atoms with van der Waals surface area (Å²) in [5, 5.41) is 12.5. The topological polar surface area (TPSA) is 0 Å². The van der Waals surface area contributed by atoms with Gasteiger partial charge in [-0.1, -0.05) is 194 Å². The molecule has 0 aromatic heterocycles. The SMILES string of the molecule is c1ccc(-c2ccc3c(-c4cccc5ccccc45)c4ccccc4c(-c4cc(-c5cccc6ccccc56)cc(-c5cccc6ccccc56)c4)c3c2)cc1. The van der Waals surface area contributed by atoms with Gasteiger partial charge in [0.1, 0.15) is 0 Å². The van der Waals surface area contributed by atoms with Crippen molar-refractivity contribution in [3.8, 4) is 55.6 Å². The minimum Gasteiger partial charge on any atom is -0.0622 e. The predicted octanol–water partition coefficient (Wildman–Crippen LogP) is 15.8. The van der Waals surface area contributed by atoms with E-state index in [1.54, 1.807) is 0 Å². The van der Waals surface area contributed by atoms with E-state index in [0.29, 0.717) is 0 Å². The van der Waals surface area contributed by atoms with E-state index in [1.165, 1.54) is 109 Å². The normalized spacial score (nSPS) is 11.6. The van der Waals surface area contributed by atoms with E-state index in [-0.39, 0.29) is 0 Å². The molecule has 0 heteroatoms. The van der Waals surface area contributed by atoms with Crippen LogP contribution in [0.5, 0.6) is 0 Å². The first-order valence-corrected chi connectivity index (χ1v) is 19.4. The highest BCUT2D eigenvalue weighted by atomic mass is 14.2. The third-order valence-electron chi connectivity index (χ3n) is 11.6. The summed E-state index contributed by atoms with van der Waals surface area (Å²) < 4.78 is 0. The summed E-state index contributed by atoms with van der Waals surface area (Å²) in [4.78, 5) is 0. The summed E-state index contributed by atoms with van der Waals surface area (Å²) in [6.07, 6.45) is 0. The Labute approximate surface area is 326 Å². The van der Waals surface area contributed by atoms with E-state index in [4.69, 9.17) is 0 Å². The fourth-order valence-electron chi connectivity index (χ4n) is 9.07. The first kappa shape index (κ1) is 32.2. The summed E-state index contributed by atoms with van der Waals surface area (Å²) in [5.41, 5.74) is 12.3. The maximum atomic E-state index is 2.43. The monoisotopic (exact) mass is 708 g/mol. The Morgan fingerprint density at radius 3 is 1.16 bits per heavy atom. The first-order valence-electron chi connectivity index (χ1n) is 19.4. The van der Waals surface area contributed by atoms with Crippen molar-refractivity contribution in [3.05, 3.63) is 218 Å². The summed E-state index contributed by atoms with van der Waals surface area (Å²) in [6.45, 7) is 0. The maximum Gasteiger partial charge on any atom is -0.00201 e. The molecule has 0 aliphatic heterocycles. The molecule has 0 aliphatic rings. The number of fused-ring (bicyclic) bond motifs is 5. The second-order valence-electron chi connectivity index (χ2n) is 14.8. The zero-order valence-electron chi connectivity index (χ0n) is 30.8. The van der Waals surface area contributed by atoms with Gasteiger partial charge >= 0.3 is 0 Å². The molecule has 0 nitrogen and oxygen atoms in total. The van der Waals surface area contributed by atoms with Crippen LogP contribution in [0, 0.1) is 0 Å². The van der Waals surface area contributed by atoms with E-state index in [1.807, 2.05) is 0 Å². The molecule has 0 saturated heterocycles. The van der Waals surface area contributed by atoms with Crippen molar-refractivity contribution >= 4 is 53.9 Å². The number of hydrogen-bond acceptors (Lipinski definition) is 0. The molecule has 0 fully saturated rings. The van der Waals surface area contributed by atoms with E-state index < -0.39 is 0 Å². The summed E-state index contributed by atoms with van der Waals surface area (Å²) >= 11 is 0. The molecule has 0 heterocycles. The molecular formula is C56H36. The van der Waals surface area contributed by atoms with E-state index >= 15 is 0 Å². The van der Waals surface area contributed by atoms with Gasteiger partial charge in [-0.2, -0.15) is 0 Å². The molecule has 11 aromatic rings. The van der Waals surface area contributed by atoms with Crippen LogP contribution in [-0.2, 0) is 0 Å². The molecule has 0 atom stereocenters. The molecule has 0 radical (unpaired) electrons. The number of hydrogen-bond donors (Lipinski definition) is 0. The van der Waals surface area contributed by atoms with Crippen molar-refractivity contribution in [2.45, 2.75) is 0 Å². The third kappa shape index (κ3) is 5.30. The Morgan fingerprint density at radius 2 is 0.589 bits per heavy atom. The largest absolute Gasteiger partial charge is 0.0622 e. The van der Waals surface area contributed by atoms with Crippen LogP contribution < -0.4 is 0 Å². The second kappa shape index (κ2) is 13.2. The molecular weight excluding hydrogens is 673 g/mol. The van der Waals surface area contributed by atoms with Gasteiger partial charge < -0.3 is 0 Å². The van der Waals surface area contributed by atoms with E-state index in [2.05, 4.69) is 218 Å². The highest BCUT2D eigenvalue weighted by Gasteiger charge is 2.20. The molecule has 11 rings (SSSR count). The quantitative estimate of drug-likeness (QED) is 0.156. The molecule has 11 aromatic carbocycles. The van der Waals surface area contributed by atoms with Gasteiger partial charge in [0.25, 0.3) is 0 Å². The van der Waals surface area contributed by atoms with Gasteiger partial charge in [0.15, 0.2) is 0 Å². The Balaban J connectivity index is 1.29. The standard InChI is InChI=1S/C56H36/c1-2-15-37(16-3-1)41-31-32-53-54(36-41)55(51-26-10-11-27-52(51)56(53)50-30-14-22-40-19-6-9-25-47(40)50)44-34-42(48-28-12-20-38-17-4-7-23-45(38)48)33-43(35-44)49-29-13-21-39-18-5-8-24-46(39)49/h1-36H. The Morgan fingerprint density at radius 1 is 0.179 bits per heavy atom. The second-order valence-corrected chi connectivity index (χ2v) is 14.8.